The number of H-pyrrole nitrogens is 2. The Morgan fingerprint density at radius 2 is 1.95 bits per heavy atom. The average Bonchev–Trinajstić information content (AvgIpc) is 2.85. The first-order chi connectivity index (χ1) is 10.3. The summed E-state index contributed by atoms with van der Waals surface area (Å²) in [5.41, 5.74) is 5.20. The van der Waals surface area contributed by atoms with Crippen molar-refractivity contribution in [1.82, 2.24) is 15.3 Å². The van der Waals surface area contributed by atoms with Crippen molar-refractivity contribution in [3.8, 4) is 0 Å². The van der Waals surface area contributed by atoms with E-state index in [-0.39, 0.29) is 5.69 Å². The van der Waals surface area contributed by atoms with Crippen molar-refractivity contribution in [2.45, 2.75) is 50.0 Å². The summed E-state index contributed by atoms with van der Waals surface area (Å²) < 4.78 is 0. The van der Waals surface area contributed by atoms with Gasteiger partial charge in [0.1, 0.15) is 0 Å². The fourth-order valence-corrected chi connectivity index (χ4v) is 5.47. The number of hydrogen-bond donors (Lipinski definition) is 3. The Hall–Kier alpha value is -1.55. The van der Waals surface area contributed by atoms with Gasteiger partial charge < -0.3 is 15.3 Å². The molecule has 3 unspecified atom stereocenters. The average molecular weight is 283 g/mol. The van der Waals surface area contributed by atoms with Crippen LogP contribution in [0, 0.1) is 5.92 Å². The molecule has 1 aromatic heterocycles. The van der Waals surface area contributed by atoms with Crippen molar-refractivity contribution < 1.29 is 0 Å². The Morgan fingerprint density at radius 1 is 1.10 bits per heavy atom. The summed E-state index contributed by atoms with van der Waals surface area (Å²) in [6.07, 6.45) is 7.78. The van der Waals surface area contributed by atoms with Crippen LogP contribution in [0.3, 0.4) is 0 Å². The third-order valence-electron chi connectivity index (χ3n) is 6.28. The molecule has 0 radical (unpaired) electrons. The molecule has 3 N–H and O–H groups in total. The van der Waals surface area contributed by atoms with E-state index in [4.69, 9.17) is 0 Å². The first-order valence-corrected chi connectivity index (χ1v) is 8.25. The summed E-state index contributed by atoms with van der Waals surface area (Å²) in [7, 11) is 0. The fourth-order valence-electron chi connectivity index (χ4n) is 5.47. The predicted molar refractivity (Wildman–Crippen MR) is 82.7 cm³/mol. The number of hydrogen-bond acceptors (Lipinski definition) is 2. The highest BCUT2D eigenvalue weighted by atomic mass is 16.1. The van der Waals surface area contributed by atoms with E-state index in [2.05, 4.69) is 27.4 Å². The van der Waals surface area contributed by atoms with Gasteiger partial charge in [0, 0.05) is 11.5 Å². The lowest BCUT2D eigenvalue weighted by Crippen LogP contribution is -2.59. The highest BCUT2D eigenvalue weighted by Gasteiger charge is 2.51. The van der Waals surface area contributed by atoms with E-state index in [0.717, 1.165) is 29.9 Å². The van der Waals surface area contributed by atoms with Crippen molar-refractivity contribution in [1.29, 1.82) is 0 Å². The summed E-state index contributed by atoms with van der Waals surface area (Å²) in [6.45, 7) is 1.14. The molecule has 2 aromatic rings. The third-order valence-corrected chi connectivity index (χ3v) is 6.28. The molecule has 2 fully saturated rings. The van der Waals surface area contributed by atoms with E-state index in [1.807, 2.05) is 0 Å². The van der Waals surface area contributed by atoms with Crippen LogP contribution >= 0.6 is 0 Å². The topological polar surface area (TPSA) is 60.7 Å². The number of benzene rings is 1. The quantitative estimate of drug-likeness (QED) is 0.694. The molecular weight excluding hydrogens is 262 g/mol. The molecule has 1 saturated carbocycles. The van der Waals surface area contributed by atoms with E-state index in [9.17, 15) is 4.79 Å². The molecule has 2 bridgehead atoms. The molecule has 4 heteroatoms. The summed E-state index contributed by atoms with van der Waals surface area (Å²) in [5, 5.41) is 3.76. The van der Waals surface area contributed by atoms with Crippen LogP contribution in [0.15, 0.2) is 16.9 Å². The molecule has 2 aliphatic carbocycles. The summed E-state index contributed by atoms with van der Waals surface area (Å²) in [6, 6.07) is 5.13. The lowest BCUT2D eigenvalue weighted by Gasteiger charge is -2.56. The van der Waals surface area contributed by atoms with Gasteiger partial charge in [0.25, 0.3) is 0 Å². The molecule has 5 rings (SSSR count). The summed E-state index contributed by atoms with van der Waals surface area (Å²) >= 11 is 0. The maximum atomic E-state index is 11.6. The molecule has 1 aliphatic heterocycles. The van der Waals surface area contributed by atoms with Gasteiger partial charge in [-0.1, -0.05) is 12.8 Å². The van der Waals surface area contributed by atoms with Gasteiger partial charge in [0.05, 0.1) is 11.0 Å². The van der Waals surface area contributed by atoms with Crippen molar-refractivity contribution in [2.75, 3.05) is 6.54 Å². The van der Waals surface area contributed by atoms with Crippen LogP contribution in [0.2, 0.25) is 0 Å². The Balaban J connectivity index is 1.79. The van der Waals surface area contributed by atoms with E-state index in [1.54, 1.807) is 0 Å². The van der Waals surface area contributed by atoms with Crippen LogP contribution in [0.1, 0.15) is 43.2 Å². The number of rotatable bonds is 0. The first kappa shape index (κ1) is 12.0. The second-order valence-electron chi connectivity index (χ2n) is 7.16. The lowest BCUT2D eigenvalue weighted by atomic mass is 9.53. The van der Waals surface area contributed by atoms with E-state index >= 15 is 0 Å². The molecule has 2 heterocycles. The molecule has 0 spiro atoms. The summed E-state index contributed by atoms with van der Waals surface area (Å²) in [4.78, 5) is 17.4. The second-order valence-corrected chi connectivity index (χ2v) is 7.16. The van der Waals surface area contributed by atoms with Crippen LogP contribution < -0.4 is 11.0 Å². The maximum Gasteiger partial charge on any atom is 0.323 e. The van der Waals surface area contributed by atoms with E-state index in [0.29, 0.717) is 11.5 Å². The number of aromatic nitrogens is 2. The zero-order valence-electron chi connectivity index (χ0n) is 12.2. The maximum absolute atomic E-state index is 11.6. The monoisotopic (exact) mass is 283 g/mol. The molecule has 1 aromatic carbocycles. The Bertz CT molecular complexity index is 770. The van der Waals surface area contributed by atoms with Crippen molar-refractivity contribution >= 4 is 11.0 Å². The van der Waals surface area contributed by atoms with Crippen LogP contribution in [0.25, 0.3) is 11.0 Å². The van der Waals surface area contributed by atoms with Gasteiger partial charge >= 0.3 is 5.69 Å². The van der Waals surface area contributed by atoms with Crippen LogP contribution in [0.5, 0.6) is 0 Å². The highest BCUT2D eigenvalue weighted by molar-refractivity contribution is 5.77. The minimum Gasteiger partial charge on any atom is -0.313 e. The van der Waals surface area contributed by atoms with Crippen molar-refractivity contribution in [3.05, 3.63) is 33.7 Å². The van der Waals surface area contributed by atoms with Crippen molar-refractivity contribution in [2.24, 2.45) is 5.92 Å². The fraction of sp³-hybridized carbons (Fsp3) is 0.588. The van der Waals surface area contributed by atoms with Gasteiger partial charge in [-0.15, -0.1) is 0 Å². The predicted octanol–water partition coefficient (Wildman–Crippen LogP) is 2.20. The molecule has 3 atom stereocenters. The van der Waals surface area contributed by atoms with E-state index in [1.165, 1.54) is 43.2 Å². The zero-order chi connectivity index (χ0) is 14.0. The van der Waals surface area contributed by atoms with Gasteiger partial charge in [-0.3, -0.25) is 0 Å². The number of imidazole rings is 1. The minimum absolute atomic E-state index is 0.0915. The number of piperidine rings is 1. The Morgan fingerprint density at radius 3 is 2.86 bits per heavy atom. The molecular formula is C17H21N3O. The van der Waals surface area contributed by atoms with Crippen molar-refractivity contribution in [3.63, 3.8) is 0 Å². The minimum atomic E-state index is -0.0915. The smallest absolute Gasteiger partial charge is 0.313 e. The van der Waals surface area contributed by atoms with Gasteiger partial charge in [-0.25, -0.2) is 4.79 Å². The van der Waals surface area contributed by atoms with Gasteiger partial charge in [0.2, 0.25) is 0 Å². The Labute approximate surface area is 123 Å². The Kier molecular flexibility index (Phi) is 2.30. The molecule has 21 heavy (non-hydrogen) atoms. The van der Waals surface area contributed by atoms with Gasteiger partial charge in [0.15, 0.2) is 0 Å². The van der Waals surface area contributed by atoms with E-state index < -0.39 is 0 Å². The van der Waals surface area contributed by atoms with Crippen LogP contribution in [-0.4, -0.2) is 22.6 Å². The largest absolute Gasteiger partial charge is 0.323 e. The van der Waals surface area contributed by atoms with Gasteiger partial charge in [-0.2, -0.15) is 0 Å². The molecule has 0 amide bonds. The number of nitrogens with one attached hydrogen (secondary N) is 3. The molecule has 110 valence electrons. The lowest BCUT2D eigenvalue weighted by molar-refractivity contribution is 0.0799. The van der Waals surface area contributed by atoms with Gasteiger partial charge in [-0.05, 0) is 61.4 Å². The van der Waals surface area contributed by atoms with Crippen LogP contribution in [0.4, 0.5) is 0 Å². The summed E-state index contributed by atoms with van der Waals surface area (Å²) in [5.74, 6) is 0.788. The first-order valence-electron chi connectivity index (χ1n) is 8.25. The normalized spacial score (nSPS) is 34.5. The number of aromatic amines is 2. The molecule has 3 aliphatic rings. The highest BCUT2D eigenvalue weighted by Crippen LogP contribution is 2.54. The standard InChI is InChI=1S/C17H21N3O/c21-16-19-14-8-10-7-13-11-3-1-2-4-17(11,5-6-18-13)12(10)9-15(14)20-16/h8-9,11,13,18H,1-7H2,(H2,19,20,21). The third kappa shape index (κ3) is 1.51. The van der Waals surface area contributed by atoms with Crippen LogP contribution in [-0.2, 0) is 11.8 Å². The molecule has 4 nitrogen and oxygen atoms in total. The number of fused-ring (bicyclic) bond motifs is 2. The SMILES string of the molecule is O=c1[nH]c2cc3c(cc2[nH]1)C12CCCCC1C(C3)NCC2. The second kappa shape index (κ2) is 4.01. The zero-order valence-corrected chi connectivity index (χ0v) is 12.2. The molecule has 1 saturated heterocycles.